The van der Waals surface area contributed by atoms with Crippen LogP contribution in [0.2, 0.25) is 0 Å². The lowest BCUT2D eigenvalue weighted by molar-refractivity contribution is -0.117. The normalized spacial score (nSPS) is 16.2. The van der Waals surface area contributed by atoms with Gasteiger partial charge in [-0.15, -0.1) is 0 Å². The van der Waals surface area contributed by atoms with Crippen molar-refractivity contribution in [2.75, 3.05) is 25.0 Å². The number of piperidine rings is 1. The minimum absolute atomic E-state index is 0.0810. The van der Waals surface area contributed by atoms with Crippen molar-refractivity contribution >= 4 is 11.6 Å². The van der Waals surface area contributed by atoms with Gasteiger partial charge in [0.2, 0.25) is 5.91 Å². The van der Waals surface area contributed by atoms with E-state index in [1.807, 2.05) is 31.2 Å². The first-order valence-corrected chi connectivity index (χ1v) is 8.35. The van der Waals surface area contributed by atoms with Crippen molar-refractivity contribution < 1.29 is 4.79 Å². The lowest BCUT2D eigenvalue weighted by atomic mass is 9.89. The fraction of sp³-hybridized carbons (Fsp3) is 0.350. The summed E-state index contributed by atoms with van der Waals surface area (Å²) in [6.07, 6.45) is 2.25. The molecule has 0 atom stereocenters. The molecule has 1 aliphatic rings. The third-order valence-electron chi connectivity index (χ3n) is 4.64. The third kappa shape index (κ3) is 4.20. The minimum Gasteiger partial charge on any atom is -0.325 e. The molecule has 3 nitrogen and oxygen atoms in total. The number of para-hydroxylation sites is 1. The Labute approximate surface area is 138 Å². The van der Waals surface area contributed by atoms with E-state index < -0.39 is 0 Å². The number of rotatable bonds is 4. The summed E-state index contributed by atoms with van der Waals surface area (Å²) in [5, 5.41) is 3.02. The zero-order valence-electron chi connectivity index (χ0n) is 13.7. The second-order valence-electron chi connectivity index (χ2n) is 6.32. The third-order valence-corrected chi connectivity index (χ3v) is 4.64. The average molecular weight is 308 g/mol. The highest BCUT2D eigenvalue weighted by Crippen LogP contribution is 2.27. The van der Waals surface area contributed by atoms with Crippen molar-refractivity contribution in [1.29, 1.82) is 0 Å². The van der Waals surface area contributed by atoms with E-state index in [-0.39, 0.29) is 5.91 Å². The summed E-state index contributed by atoms with van der Waals surface area (Å²) < 4.78 is 0. The first-order valence-electron chi connectivity index (χ1n) is 8.35. The van der Waals surface area contributed by atoms with Gasteiger partial charge in [-0.2, -0.15) is 0 Å². The maximum atomic E-state index is 12.2. The van der Waals surface area contributed by atoms with E-state index in [0.29, 0.717) is 12.5 Å². The van der Waals surface area contributed by atoms with Gasteiger partial charge in [-0.3, -0.25) is 9.69 Å². The molecule has 3 heteroatoms. The number of hydrogen-bond donors (Lipinski definition) is 1. The molecule has 2 aromatic carbocycles. The van der Waals surface area contributed by atoms with Gasteiger partial charge in [0.25, 0.3) is 0 Å². The molecule has 23 heavy (non-hydrogen) atoms. The summed E-state index contributed by atoms with van der Waals surface area (Å²) in [5.74, 6) is 0.712. The van der Waals surface area contributed by atoms with Crippen molar-refractivity contribution in [1.82, 2.24) is 4.90 Å². The Morgan fingerprint density at radius 1 is 1.04 bits per heavy atom. The summed E-state index contributed by atoms with van der Waals surface area (Å²) in [6.45, 7) is 4.47. The highest BCUT2D eigenvalue weighted by Gasteiger charge is 2.21. The van der Waals surface area contributed by atoms with Gasteiger partial charge in [0, 0.05) is 5.69 Å². The average Bonchev–Trinajstić information content (AvgIpc) is 2.58. The Hall–Kier alpha value is -2.13. The molecule has 0 bridgehead atoms. The van der Waals surface area contributed by atoms with Crippen LogP contribution in [0.4, 0.5) is 5.69 Å². The molecule has 1 aliphatic heterocycles. The summed E-state index contributed by atoms with van der Waals surface area (Å²) in [7, 11) is 0. The van der Waals surface area contributed by atoms with Gasteiger partial charge in [-0.25, -0.2) is 0 Å². The van der Waals surface area contributed by atoms with E-state index >= 15 is 0 Å². The number of amides is 1. The van der Waals surface area contributed by atoms with Crippen LogP contribution in [0.5, 0.6) is 0 Å². The molecule has 3 rings (SSSR count). The molecule has 1 heterocycles. The molecule has 0 unspecified atom stereocenters. The number of hydrogen-bond acceptors (Lipinski definition) is 2. The van der Waals surface area contributed by atoms with E-state index in [1.165, 1.54) is 5.56 Å². The van der Waals surface area contributed by atoms with Gasteiger partial charge in [-0.1, -0.05) is 48.5 Å². The summed E-state index contributed by atoms with van der Waals surface area (Å²) in [4.78, 5) is 14.5. The molecule has 0 saturated carbocycles. The Morgan fingerprint density at radius 3 is 2.39 bits per heavy atom. The van der Waals surface area contributed by atoms with Crippen molar-refractivity contribution in [3.63, 3.8) is 0 Å². The van der Waals surface area contributed by atoms with Gasteiger partial charge in [0.1, 0.15) is 0 Å². The molecular weight excluding hydrogens is 284 g/mol. The quantitative estimate of drug-likeness (QED) is 0.931. The van der Waals surface area contributed by atoms with Crippen molar-refractivity contribution in [2.24, 2.45) is 0 Å². The number of anilines is 1. The van der Waals surface area contributed by atoms with Gasteiger partial charge in [-0.05, 0) is 56.0 Å². The van der Waals surface area contributed by atoms with E-state index in [4.69, 9.17) is 0 Å². The molecule has 120 valence electrons. The second kappa shape index (κ2) is 7.42. The molecule has 1 N–H and O–H groups in total. The maximum Gasteiger partial charge on any atom is 0.238 e. The van der Waals surface area contributed by atoms with E-state index in [1.54, 1.807) is 0 Å². The molecule has 1 saturated heterocycles. The molecule has 0 aliphatic carbocycles. The van der Waals surface area contributed by atoms with Crippen molar-refractivity contribution in [2.45, 2.75) is 25.7 Å². The van der Waals surface area contributed by atoms with Crippen LogP contribution >= 0.6 is 0 Å². The maximum absolute atomic E-state index is 12.2. The van der Waals surface area contributed by atoms with E-state index in [2.05, 4.69) is 40.5 Å². The molecule has 1 amide bonds. The van der Waals surface area contributed by atoms with Gasteiger partial charge in [0.15, 0.2) is 0 Å². The lowest BCUT2D eigenvalue weighted by Crippen LogP contribution is -2.38. The van der Waals surface area contributed by atoms with E-state index in [9.17, 15) is 4.79 Å². The van der Waals surface area contributed by atoms with Crippen LogP contribution < -0.4 is 5.32 Å². The standard InChI is InChI=1S/C20H24N2O/c1-16-7-5-6-10-19(16)21-20(23)15-22-13-11-18(12-14-22)17-8-3-2-4-9-17/h2-10,18H,11-15H2,1H3,(H,21,23). The number of nitrogens with one attached hydrogen (secondary N) is 1. The first kappa shape index (κ1) is 15.8. The molecule has 1 fully saturated rings. The highest BCUT2D eigenvalue weighted by molar-refractivity contribution is 5.92. The Bertz CT molecular complexity index is 646. The monoisotopic (exact) mass is 308 g/mol. The first-order chi connectivity index (χ1) is 11.2. The zero-order valence-corrected chi connectivity index (χ0v) is 13.7. The zero-order chi connectivity index (χ0) is 16.1. The molecule has 2 aromatic rings. The Balaban J connectivity index is 1.49. The van der Waals surface area contributed by atoms with Crippen molar-refractivity contribution in [3.8, 4) is 0 Å². The van der Waals surface area contributed by atoms with E-state index in [0.717, 1.165) is 37.2 Å². The number of aryl methyl sites for hydroxylation is 1. The molecule has 0 radical (unpaired) electrons. The summed E-state index contributed by atoms with van der Waals surface area (Å²) >= 11 is 0. The van der Waals surface area contributed by atoms with Gasteiger partial charge in [0.05, 0.1) is 6.54 Å². The van der Waals surface area contributed by atoms with Crippen molar-refractivity contribution in [3.05, 3.63) is 65.7 Å². The predicted octanol–water partition coefficient (Wildman–Crippen LogP) is 3.81. The van der Waals surface area contributed by atoms with Gasteiger partial charge >= 0.3 is 0 Å². The van der Waals surface area contributed by atoms with Crippen LogP contribution in [0.15, 0.2) is 54.6 Å². The van der Waals surface area contributed by atoms with Crippen LogP contribution in [0, 0.1) is 6.92 Å². The Kier molecular flexibility index (Phi) is 5.09. The topological polar surface area (TPSA) is 32.3 Å². The number of nitrogens with zero attached hydrogens (tertiary/aromatic N) is 1. The summed E-state index contributed by atoms with van der Waals surface area (Å²) in [5.41, 5.74) is 3.44. The largest absolute Gasteiger partial charge is 0.325 e. The number of carbonyl (C=O) groups excluding carboxylic acids is 1. The highest BCUT2D eigenvalue weighted by atomic mass is 16.2. The smallest absolute Gasteiger partial charge is 0.238 e. The number of carbonyl (C=O) groups is 1. The second-order valence-corrected chi connectivity index (χ2v) is 6.32. The fourth-order valence-corrected chi connectivity index (χ4v) is 3.26. The SMILES string of the molecule is Cc1ccccc1NC(=O)CN1CCC(c2ccccc2)CC1. The van der Waals surface area contributed by atoms with Crippen LogP contribution in [0.1, 0.15) is 29.9 Å². The van der Waals surface area contributed by atoms with Crippen LogP contribution in [0.25, 0.3) is 0 Å². The fourth-order valence-electron chi connectivity index (χ4n) is 3.26. The lowest BCUT2D eigenvalue weighted by Gasteiger charge is -2.31. The predicted molar refractivity (Wildman–Crippen MR) is 94.7 cm³/mol. The summed E-state index contributed by atoms with van der Waals surface area (Å²) in [6, 6.07) is 18.6. The van der Waals surface area contributed by atoms with Gasteiger partial charge < -0.3 is 5.32 Å². The molecular formula is C20H24N2O. The van der Waals surface area contributed by atoms with Crippen LogP contribution in [-0.2, 0) is 4.79 Å². The number of benzene rings is 2. The number of likely N-dealkylation sites (tertiary alicyclic amines) is 1. The molecule has 0 aromatic heterocycles. The van der Waals surface area contributed by atoms with Crippen LogP contribution in [-0.4, -0.2) is 30.4 Å². The minimum atomic E-state index is 0.0810. The Morgan fingerprint density at radius 2 is 1.70 bits per heavy atom. The van der Waals surface area contributed by atoms with Crippen LogP contribution in [0.3, 0.4) is 0 Å². The molecule has 0 spiro atoms.